The highest BCUT2D eigenvalue weighted by atomic mass is 35.5. The summed E-state index contributed by atoms with van der Waals surface area (Å²) in [5.74, 6) is 1.85. The summed E-state index contributed by atoms with van der Waals surface area (Å²) in [6, 6.07) is 9.70. The predicted molar refractivity (Wildman–Crippen MR) is 101 cm³/mol. The Morgan fingerprint density at radius 2 is 2.04 bits per heavy atom. The first kappa shape index (κ1) is 18.9. The van der Waals surface area contributed by atoms with Gasteiger partial charge in [0.05, 0.1) is 0 Å². The van der Waals surface area contributed by atoms with E-state index >= 15 is 0 Å². The number of nitrogens with zero attached hydrogens (tertiary/aromatic N) is 3. The molecule has 2 atom stereocenters. The molecule has 4 rings (SSSR count). The number of likely N-dealkylation sites (tertiary alicyclic amines) is 1. The molecular formula is C19H25ClN4O2. The van der Waals surface area contributed by atoms with Crippen LogP contribution < -0.4 is 5.32 Å². The molecule has 2 fully saturated rings. The maximum Gasteiger partial charge on any atom is 0.249 e. The Bertz CT molecular complexity index is 732. The third kappa shape index (κ3) is 3.62. The molecule has 6 nitrogen and oxygen atoms in total. The summed E-state index contributed by atoms with van der Waals surface area (Å²) in [7, 11) is 0. The molecule has 140 valence electrons. The molecular weight excluding hydrogens is 352 g/mol. The number of rotatable bonds is 4. The van der Waals surface area contributed by atoms with Crippen LogP contribution in [0.3, 0.4) is 0 Å². The van der Waals surface area contributed by atoms with Gasteiger partial charge in [-0.25, -0.2) is 0 Å². The Morgan fingerprint density at radius 3 is 2.73 bits per heavy atom. The lowest BCUT2D eigenvalue weighted by atomic mass is 9.86. The molecule has 1 aromatic carbocycles. The first-order valence-electron chi connectivity index (χ1n) is 9.14. The molecule has 1 N–H and O–H groups in total. The smallest absolute Gasteiger partial charge is 0.249 e. The predicted octanol–water partition coefficient (Wildman–Crippen LogP) is 3.07. The van der Waals surface area contributed by atoms with Gasteiger partial charge in [0.1, 0.15) is 6.04 Å². The van der Waals surface area contributed by atoms with E-state index in [1.165, 1.54) is 0 Å². The SMILES string of the molecule is CC(C(=O)N1CCCCC1c1nc(-c2ccccc2)no1)C1CNC1.Cl. The van der Waals surface area contributed by atoms with Gasteiger partial charge in [-0.2, -0.15) is 4.98 Å². The van der Waals surface area contributed by atoms with Crippen molar-refractivity contribution in [3.05, 3.63) is 36.2 Å². The van der Waals surface area contributed by atoms with E-state index in [9.17, 15) is 4.79 Å². The van der Waals surface area contributed by atoms with Crippen LogP contribution in [0.15, 0.2) is 34.9 Å². The normalized spacial score (nSPS) is 21.6. The van der Waals surface area contributed by atoms with E-state index in [2.05, 4.69) is 15.5 Å². The number of aromatic nitrogens is 2. The maximum atomic E-state index is 13.0. The molecule has 1 aromatic heterocycles. The van der Waals surface area contributed by atoms with Gasteiger partial charge < -0.3 is 14.7 Å². The molecule has 26 heavy (non-hydrogen) atoms. The number of halogens is 1. The molecule has 7 heteroatoms. The van der Waals surface area contributed by atoms with E-state index in [1.807, 2.05) is 42.2 Å². The second-order valence-electron chi connectivity index (χ2n) is 7.07. The topological polar surface area (TPSA) is 71.3 Å². The second kappa shape index (κ2) is 8.18. The molecule has 1 amide bonds. The summed E-state index contributed by atoms with van der Waals surface area (Å²) in [5.41, 5.74) is 0.931. The van der Waals surface area contributed by atoms with Gasteiger partial charge in [-0.1, -0.05) is 42.4 Å². The molecule has 0 saturated carbocycles. The third-order valence-corrected chi connectivity index (χ3v) is 5.45. The van der Waals surface area contributed by atoms with Crippen molar-refractivity contribution in [2.75, 3.05) is 19.6 Å². The van der Waals surface area contributed by atoms with Gasteiger partial charge in [-0.15, -0.1) is 12.4 Å². The van der Waals surface area contributed by atoms with E-state index in [4.69, 9.17) is 4.52 Å². The van der Waals surface area contributed by atoms with Gasteiger partial charge in [-0.05, 0) is 38.3 Å². The third-order valence-electron chi connectivity index (χ3n) is 5.45. The number of nitrogens with one attached hydrogen (secondary N) is 1. The average molecular weight is 377 g/mol. The summed E-state index contributed by atoms with van der Waals surface area (Å²) in [4.78, 5) is 19.6. The number of hydrogen-bond acceptors (Lipinski definition) is 5. The van der Waals surface area contributed by atoms with Crippen molar-refractivity contribution < 1.29 is 9.32 Å². The average Bonchev–Trinajstić information content (AvgIpc) is 3.10. The largest absolute Gasteiger partial charge is 0.337 e. The first-order chi connectivity index (χ1) is 12.2. The quantitative estimate of drug-likeness (QED) is 0.887. The van der Waals surface area contributed by atoms with Crippen molar-refractivity contribution in [3.63, 3.8) is 0 Å². The summed E-state index contributed by atoms with van der Waals surface area (Å²) in [6.45, 7) is 4.69. The fourth-order valence-electron chi connectivity index (χ4n) is 3.65. The van der Waals surface area contributed by atoms with Crippen LogP contribution in [0.4, 0.5) is 0 Å². The molecule has 2 saturated heterocycles. The minimum absolute atomic E-state index is 0. The Morgan fingerprint density at radius 1 is 1.27 bits per heavy atom. The fourth-order valence-corrected chi connectivity index (χ4v) is 3.65. The van der Waals surface area contributed by atoms with Crippen LogP contribution in [0.2, 0.25) is 0 Å². The van der Waals surface area contributed by atoms with E-state index < -0.39 is 0 Å². The van der Waals surface area contributed by atoms with Crippen LogP contribution >= 0.6 is 12.4 Å². The lowest BCUT2D eigenvalue weighted by Crippen LogP contribution is -2.51. The summed E-state index contributed by atoms with van der Waals surface area (Å²) in [5, 5.41) is 7.38. The van der Waals surface area contributed by atoms with Gasteiger partial charge in [0.25, 0.3) is 0 Å². The van der Waals surface area contributed by atoms with E-state index in [-0.39, 0.29) is 30.3 Å². The lowest BCUT2D eigenvalue weighted by molar-refractivity contribution is -0.142. The maximum absolute atomic E-state index is 13.0. The zero-order valence-corrected chi connectivity index (χ0v) is 15.7. The van der Waals surface area contributed by atoms with Crippen molar-refractivity contribution in [2.24, 2.45) is 11.8 Å². The highest BCUT2D eigenvalue weighted by Gasteiger charge is 2.37. The van der Waals surface area contributed by atoms with Crippen LogP contribution in [0.5, 0.6) is 0 Å². The number of piperidine rings is 1. The van der Waals surface area contributed by atoms with Gasteiger partial charge in [0.2, 0.25) is 17.6 Å². The standard InChI is InChI=1S/C19H24N4O2.ClH/c1-13(15-11-20-12-15)19(24)23-10-6-5-9-16(23)18-21-17(22-25-18)14-7-3-2-4-8-14;/h2-4,7-8,13,15-16,20H,5-6,9-12H2,1H3;1H. The minimum atomic E-state index is -0.0957. The monoisotopic (exact) mass is 376 g/mol. The number of hydrogen-bond donors (Lipinski definition) is 1. The fraction of sp³-hybridized carbons (Fsp3) is 0.526. The summed E-state index contributed by atoms with van der Waals surface area (Å²) < 4.78 is 5.55. The molecule has 0 bridgehead atoms. The van der Waals surface area contributed by atoms with Crippen molar-refractivity contribution in [3.8, 4) is 11.4 Å². The first-order valence-corrected chi connectivity index (χ1v) is 9.14. The number of amides is 1. The Labute approximate surface area is 159 Å². The number of carbonyl (C=O) groups is 1. The number of benzene rings is 1. The van der Waals surface area contributed by atoms with Gasteiger partial charge in [-0.3, -0.25) is 4.79 Å². The Kier molecular flexibility index (Phi) is 5.94. The van der Waals surface area contributed by atoms with E-state index in [1.54, 1.807) is 0 Å². The van der Waals surface area contributed by atoms with E-state index in [0.717, 1.165) is 44.5 Å². The molecule has 0 aliphatic carbocycles. The summed E-state index contributed by atoms with van der Waals surface area (Å²) >= 11 is 0. The van der Waals surface area contributed by atoms with Gasteiger partial charge in [0.15, 0.2) is 0 Å². The molecule has 2 aliphatic rings. The van der Waals surface area contributed by atoms with Crippen LogP contribution in [-0.2, 0) is 4.79 Å². The zero-order valence-electron chi connectivity index (χ0n) is 14.9. The Balaban J connectivity index is 0.00000196. The summed E-state index contributed by atoms with van der Waals surface area (Å²) in [6.07, 6.45) is 3.01. The number of carbonyl (C=O) groups excluding carboxylic acids is 1. The molecule has 2 aromatic rings. The van der Waals surface area contributed by atoms with Gasteiger partial charge in [0, 0.05) is 18.0 Å². The molecule has 2 unspecified atom stereocenters. The lowest BCUT2D eigenvalue weighted by Gasteiger charge is -2.39. The van der Waals surface area contributed by atoms with Crippen molar-refractivity contribution in [1.29, 1.82) is 0 Å². The Hall–Kier alpha value is -1.92. The van der Waals surface area contributed by atoms with Crippen LogP contribution in [-0.4, -0.2) is 40.6 Å². The zero-order chi connectivity index (χ0) is 17.2. The minimum Gasteiger partial charge on any atom is -0.337 e. The molecule has 3 heterocycles. The second-order valence-corrected chi connectivity index (χ2v) is 7.07. The molecule has 0 radical (unpaired) electrons. The van der Waals surface area contributed by atoms with E-state index in [0.29, 0.717) is 17.6 Å². The van der Waals surface area contributed by atoms with Crippen molar-refractivity contribution >= 4 is 18.3 Å². The molecule has 0 spiro atoms. The highest BCUT2D eigenvalue weighted by Crippen LogP contribution is 2.33. The highest BCUT2D eigenvalue weighted by molar-refractivity contribution is 5.85. The molecule has 2 aliphatic heterocycles. The van der Waals surface area contributed by atoms with Crippen LogP contribution in [0.1, 0.15) is 38.1 Å². The van der Waals surface area contributed by atoms with Gasteiger partial charge >= 0.3 is 0 Å². The van der Waals surface area contributed by atoms with Crippen molar-refractivity contribution in [2.45, 2.75) is 32.2 Å². The van der Waals surface area contributed by atoms with Crippen molar-refractivity contribution in [1.82, 2.24) is 20.4 Å². The van der Waals surface area contributed by atoms with Crippen LogP contribution in [0.25, 0.3) is 11.4 Å². The van der Waals surface area contributed by atoms with Crippen LogP contribution in [0, 0.1) is 11.8 Å².